The van der Waals surface area contributed by atoms with Crippen LogP contribution >= 0.6 is 23.1 Å². The molecule has 0 bridgehead atoms. The van der Waals surface area contributed by atoms with Crippen LogP contribution in [0.2, 0.25) is 0 Å². The van der Waals surface area contributed by atoms with Crippen LogP contribution in [0.3, 0.4) is 0 Å². The first kappa shape index (κ1) is 19.2. The van der Waals surface area contributed by atoms with Gasteiger partial charge in [-0.15, -0.1) is 10.2 Å². The van der Waals surface area contributed by atoms with Crippen molar-refractivity contribution >= 4 is 39.8 Å². The molecule has 1 aliphatic rings. The molecule has 2 aromatic rings. The van der Waals surface area contributed by atoms with E-state index in [0.29, 0.717) is 6.04 Å². The summed E-state index contributed by atoms with van der Waals surface area (Å²) in [6.45, 7) is 6.17. The van der Waals surface area contributed by atoms with Crippen molar-refractivity contribution < 1.29 is 4.79 Å². The number of carbonyl (C=O) groups excluding carboxylic acids is 1. The third-order valence-corrected chi connectivity index (χ3v) is 6.75. The largest absolute Gasteiger partial charge is 0.352 e. The fourth-order valence-corrected chi connectivity index (χ4v) is 5.12. The van der Waals surface area contributed by atoms with Gasteiger partial charge >= 0.3 is 0 Å². The summed E-state index contributed by atoms with van der Waals surface area (Å²) in [5, 5.41) is 15.6. The van der Waals surface area contributed by atoms with Gasteiger partial charge in [-0.1, -0.05) is 61.1 Å². The Kier molecular flexibility index (Phi) is 6.53. The number of anilines is 2. The molecule has 0 spiro atoms. The Hall–Kier alpha value is -1.60. The van der Waals surface area contributed by atoms with Crippen LogP contribution in [0.1, 0.15) is 50.7 Å². The van der Waals surface area contributed by atoms with Gasteiger partial charge in [0.1, 0.15) is 0 Å². The second kappa shape index (κ2) is 8.86. The van der Waals surface area contributed by atoms with Crippen LogP contribution in [0.25, 0.3) is 0 Å². The highest BCUT2D eigenvalue weighted by Gasteiger charge is 2.22. The van der Waals surface area contributed by atoms with Gasteiger partial charge in [-0.05, 0) is 44.2 Å². The number of hydrogen-bond donors (Lipinski definition) is 2. The third-order valence-electron chi connectivity index (χ3n) is 4.73. The first-order valence-electron chi connectivity index (χ1n) is 9.23. The van der Waals surface area contributed by atoms with Crippen LogP contribution in [-0.4, -0.2) is 27.4 Å². The fraction of sp³-hybridized carbons (Fsp3) is 0.526. The zero-order valence-electron chi connectivity index (χ0n) is 15.5. The molecule has 1 aromatic heterocycles. The predicted molar refractivity (Wildman–Crippen MR) is 109 cm³/mol. The summed E-state index contributed by atoms with van der Waals surface area (Å²) >= 11 is 2.97. The molecular formula is C19H26N4OS2. The number of amides is 1. The Bertz CT molecular complexity index is 756. The topological polar surface area (TPSA) is 66.9 Å². The lowest BCUT2D eigenvalue weighted by Crippen LogP contribution is -2.37. The summed E-state index contributed by atoms with van der Waals surface area (Å²) in [6.07, 6.45) is 5.61. The van der Waals surface area contributed by atoms with Crippen molar-refractivity contribution in [1.29, 1.82) is 0 Å². The van der Waals surface area contributed by atoms with Gasteiger partial charge in [0.15, 0.2) is 4.34 Å². The lowest BCUT2D eigenvalue weighted by molar-refractivity contribution is -0.120. The van der Waals surface area contributed by atoms with Crippen LogP contribution < -0.4 is 10.6 Å². The van der Waals surface area contributed by atoms with Crippen LogP contribution in [0.5, 0.6) is 0 Å². The van der Waals surface area contributed by atoms with Gasteiger partial charge in [0.25, 0.3) is 0 Å². The number of aryl methyl sites for hydroxylation is 2. The van der Waals surface area contributed by atoms with Gasteiger partial charge in [-0.2, -0.15) is 0 Å². The maximum absolute atomic E-state index is 12.3. The van der Waals surface area contributed by atoms with E-state index in [0.717, 1.165) is 34.4 Å². The minimum absolute atomic E-state index is 0.0961. The van der Waals surface area contributed by atoms with Gasteiger partial charge < -0.3 is 10.6 Å². The van der Waals surface area contributed by atoms with Crippen LogP contribution in [0.15, 0.2) is 22.5 Å². The summed E-state index contributed by atoms with van der Waals surface area (Å²) in [4.78, 5) is 12.3. The number of nitrogens with zero attached hydrogens (tertiary/aromatic N) is 2. The van der Waals surface area contributed by atoms with E-state index in [1.54, 1.807) is 0 Å². The molecule has 1 fully saturated rings. The number of hydrogen-bond acceptors (Lipinski definition) is 6. The molecule has 0 aliphatic heterocycles. The zero-order chi connectivity index (χ0) is 18.5. The highest BCUT2D eigenvalue weighted by atomic mass is 32.2. The Balaban J connectivity index is 1.60. The van der Waals surface area contributed by atoms with Crippen molar-refractivity contribution in [3.63, 3.8) is 0 Å². The Labute approximate surface area is 163 Å². The van der Waals surface area contributed by atoms with Crippen molar-refractivity contribution in [2.24, 2.45) is 0 Å². The average molecular weight is 391 g/mol. The molecule has 1 aliphatic carbocycles. The predicted octanol–water partition coefficient (Wildman–Crippen LogP) is 4.69. The summed E-state index contributed by atoms with van der Waals surface area (Å²) in [5.41, 5.74) is 3.56. The maximum Gasteiger partial charge on any atom is 0.233 e. The van der Waals surface area contributed by atoms with Crippen LogP contribution in [0.4, 0.5) is 10.8 Å². The lowest BCUT2D eigenvalue weighted by Gasteiger charge is -2.15. The van der Waals surface area contributed by atoms with E-state index in [1.807, 2.05) is 6.92 Å². The van der Waals surface area contributed by atoms with Crippen molar-refractivity contribution in [3.8, 4) is 0 Å². The molecule has 1 saturated carbocycles. The Morgan fingerprint density at radius 1 is 1.35 bits per heavy atom. The van der Waals surface area contributed by atoms with E-state index < -0.39 is 0 Å². The smallest absolute Gasteiger partial charge is 0.233 e. The van der Waals surface area contributed by atoms with E-state index in [-0.39, 0.29) is 11.2 Å². The van der Waals surface area contributed by atoms with Gasteiger partial charge in [0, 0.05) is 11.7 Å². The summed E-state index contributed by atoms with van der Waals surface area (Å²) in [5.74, 6) is 0.0961. The molecule has 1 aromatic carbocycles. The second-order valence-corrected chi connectivity index (χ2v) is 9.28. The minimum atomic E-state index is -0.166. The van der Waals surface area contributed by atoms with Crippen molar-refractivity contribution in [2.75, 3.05) is 5.32 Å². The van der Waals surface area contributed by atoms with E-state index in [2.05, 4.69) is 52.9 Å². The SMILES string of the molecule is CCc1cccc(C)c1Nc1nnc(SC(C)C(=O)NC2CCCC2)s1. The van der Waals surface area contributed by atoms with Gasteiger partial charge in [-0.25, -0.2) is 0 Å². The number of thioether (sulfide) groups is 1. The first-order chi connectivity index (χ1) is 12.6. The molecule has 140 valence electrons. The number of benzene rings is 1. The third kappa shape index (κ3) is 4.76. The van der Waals surface area contributed by atoms with Gasteiger partial charge in [0.05, 0.1) is 5.25 Å². The normalized spacial score (nSPS) is 15.8. The number of rotatable bonds is 7. The van der Waals surface area contributed by atoms with E-state index in [1.165, 1.54) is 47.1 Å². The summed E-state index contributed by atoms with van der Waals surface area (Å²) in [6, 6.07) is 6.64. The molecule has 1 amide bonds. The second-order valence-electron chi connectivity index (χ2n) is 6.71. The molecule has 7 heteroatoms. The number of carbonyl (C=O) groups is 1. The molecule has 1 atom stereocenters. The fourth-order valence-electron chi connectivity index (χ4n) is 3.21. The first-order valence-corrected chi connectivity index (χ1v) is 10.9. The standard InChI is InChI=1S/C19H26N4OS2/c1-4-14-9-7-8-12(2)16(14)21-18-22-23-19(26-18)25-13(3)17(24)20-15-10-5-6-11-15/h7-9,13,15H,4-6,10-11H2,1-3H3,(H,20,24)(H,21,22). The molecular weight excluding hydrogens is 364 g/mol. The van der Waals surface area contributed by atoms with Crippen LogP contribution in [-0.2, 0) is 11.2 Å². The molecule has 1 heterocycles. The molecule has 0 radical (unpaired) electrons. The van der Waals surface area contributed by atoms with Crippen molar-refractivity contribution in [2.45, 2.75) is 68.5 Å². The number of aromatic nitrogens is 2. The van der Waals surface area contributed by atoms with Crippen LogP contribution in [0, 0.1) is 6.92 Å². The van der Waals surface area contributed by atoms with E-state index >= 15 is 0 Å². The minimum Gasteiger partial charge on any atom is -0.352 e. The molecule has 1 unspecified atom stereocenters. The van der Waals surface area contributed by atoms with Gasteiger partial charge in [-0.3, -0.25) is 4.79 Å². The van der Waals surface area contributed by atoms with E-state index in [4.69, 9.17) is 0 Å². The molecule has 2 N–H and O–H groups in total. The van der Waals surface area contributed by atoms with E-state index in [9.17, 15) is 4.79 Å². The molecule has 26 heavy (non-hydrogen) atoms. The molecule has 5 nitrogen and oxygen atoms in total. The number of nitrogens with one attached hydrogen (secondary N) is 2. The Morgan fingerprint density at radius 2 is 2.12 bits per heavy atom. The highest BCUT2D eigenvalue weighted by Crippen LogP contribution is 2.32. The molecule has 3 rings (SSSR count). The Morgan fingerprint density at radius 3 is 2.85 bits per heavy atom. The summed E-state index contributed by atoms with van der Waals surface area (Å²) in [7, 11) is 0. The number of para-hydroxylation sites is 1. The monoisotopic (exact) mass is 390 g/mol. The maximum atomic E-state index is 12.3. The average Bonchev–Trinajstić information content (AvgIpc) is 3.28. The summed E-state index contributed by atoms with van der Waals surface area (Å²) < 4.78 is 0.813. The highest BCUT2D eigenvalue weighted by molar-refractivity contribution is 8.02. The lowest BCUT2D eigenvalue weighted by atomic mass is 10.1. The van der Waals surface area contributed by atoms with Gasteiger partial charge in [0.2, 0.25) is 11.0 Å². The molecule has 0 saturated heterocycles. The van der Waals surface area contributed by atoms with Crippen molar-refractivity contribution in [3.05, 3.63) is 29.3 Å². The zero-order valence-corrected chi connectivity index (χ0v) is 17.2. The quantitative estimate of drug-likeness (QED) is 0.671. The van der Waals surface area contributed by atoms with Crippen molar-refractivity contribution in [1.82, 2.24) is 15.5 Å².